The highest BCUT2D eigenvalue weighted by Gasteiger charge is 2.10. The maximum atomic E-state index is 12.0. The van der Waals surface area contributed by atoms with Crippen molar-refractivity contribution in [2.45, 2.75) is 0 Å². The van der Waals surface area contributed by atoms with Crippen LogP contribution in [0.3, 0.4) is 0 Å². The van der Waals surface area contributed by atoms with E-state index in [-0.39, 0.29) is 6.54 Å². The number of rotatable bonds is 8. The first-order valence-corrected chi connectivity index (χ1v) is 9.46. The van der Waals surface area contributed by atoms with Crippen LogP contribution in [0, 0.1) is 0 Å². The third kappa shape index (κ3) is 7.21. The fourth-order valence-electron chi connectivity index (χ4n) is 2.46. The summed E-state index contributed by atoms with van der Waals surface area (Å²) in [5.41, 5.74) is 2.32. The molecule has 0 fully saturated rings. The zero-order chi connectivity index (χ0) is 21.9. The van der Waals surface area contributed by atoms with Crippen LogP contribution in [-0.2, 0) is 14.3 Å². The molecule has 0 atom stereocenters. The molecule has 3 aromatic carbocycles. The van der Waals surface area contributed by atoms with E-state index >= 15 is 0 Å². The number of carbonyl (C=O) groups excluding carboxylic acids is 3. The van der Waals surface area contributed by atoms with E-state index in [0.29, 0.717) is 16.9 Å². The minimum absolute atomic E-state index is 0.331. The minimum atomic E-state index is -0.712. The normalized spacial score (nSPS) is 10.5. The van der Waals surface area contributed by atoms with Crippen molar-refractivity contribution in [1.82, 2.24) is 5.32 Å². The van der Waals surface area contributed by atoms with Crippen molar-refractivity contribution in [2.24, 2.45) is 10.2 Å². The van der Waals surface area contributed by atoms with Crippen LogP contribution in [0.15, 0.2) is 95.2 Å². The number of amides is 2. The Labute approximate surface area is 179 Å². The Morgan fingerprint density at radius 2 is 1.32 bits per heavy atom. The molecule has 0 aromatic heterocycles. The highest BCUT2D eigenvalue weighted by molar-refractivity contribution is 5.96. The molecule has 0 aliphatic carbocycles. The Kier molecular flexibility index (Phi) is 7.59. The summed E-state index contributed by atoms with van der Waals surface area (Å²) in [6.45, 7) is -0.794. The van der Waals surface area contributed by atoms with E-state index in [4.69, 9.17) is 4.74 Å². The van der Waals surface area contributed by atoms with Gasteiger partial charge in [-0.05, 0) is 48.5 Å². The first kappa shape index (κ1) is 21.4. The molecule has 0 aliphatic rings. The van der Waals surface area contributed by atoms with Gasteiger partial charge in [-0.2, -0.15) is 10.2 Å². The second kappa shape index (κ2) is 11.0. The van der Waals surface area contributed by atoms with E-state index in [1.54, 1.807) is 54.6 Å². The van der Waals surface area contributed by atoms with Gasteiger partial charge in [0.25, 0.3) is 11.8 Å². The van der Waals surface area contributed by atoms with E-state index in [2.05, 4.69) is 20.9 Å². The topological polar surface area (TPSA) is 109 Å². The van der Waals surface area contributed by atoms with Crippen molar-refractivity contribution in [3.8, 4) is 0 Å². The van der Waals surface area contributed by atoms with E-state index in [9.17, 15) is 14.4 Å². The van der Waals surface area contributed by atoms with Gasteiger partial charge in [-0.3, -0.25) is 14.4 Å². The predicted molar refractivity (Wildman–Crippen MR) is 115 cm³/mol. The van der Waals surface area contributed by atoms with Crippen molar-refractivity contribution < 1.29 is 19.1 Å². The number of nitrogens with one attached hydrogen (secondary N) is 2. The standard InChI is InChI=1S/C23H20N4O4/c28-21(16-31-22(29)15-24-23(30)17-7-3-1-4-8-17)25-18-11-13-20(14-12-18)27-26-19-9-5-2-6-10-19/h1-14H,15-16H2,(H,24,30)(H,25,28). The number of anilines is 1. The molecule has 0 saturated heterocycles. The fraction of sp³-hybridized carbons (Fsp3) is 0.0870. The van der Waals surface area contributed by atoms with E-state index in [1.165, 1.54) is 0 Å². The van der Waals surface area contributed by atoms with Gasteiger partial charge < -0.3 is 15.4 Å². The van der Waals surface area contributed by atoms with Crippen LogP contribution in [0.1, 0.15) is 10.4 Å². The smallest absolute Gasteiger partial charge is 0.325 e. The van der Waals surface area contributed by atoms with Gasteiger partial charge in [0, 0.05) is 11.3 Å². The van der Waals surface area contributed by atoms with Crippen LogP contribution >= 0.6 is 0 Å². The van der Waals surface area contributed by atoms with Crippen LogP contribution in [0.2, 0.25) is 0 Å². The Bertz CT molecular complexity index is 1050. The molecule has 8 nitrogen and oxygen atoms in total. The first-order valence-electron chi connectivity index (χ1n) is 9.46. The monoisotopic (exact) mass is 416 g/mol. The number of azo groups is 1. The van der Waals surface area contributed by atoms with Crippen LogP contribution in [-0.4, -0.2) is 30.9 Å². The Morgan fingerprint density at radius 1 is 0.742 bits per heavy atom. The summed E-state index contributed by atoms with van der Waals surface area (Å²) in [6.07, 6.45) is 0. The molecule has 31 heavy (non-hydrogen) atoms. The highest BCUT2D eigenvalue weighted by Crippen LogP contribution is 2.19. The van der Waals surface area contributed by atoms with E-state index in [0.717, 1.165) is 5.69 Å². The summed E-state index contributed by atoms with van der Waals surface area (Å²) in [5, 5.41) is 13.3. The summed E-state index contributed by atoms with van der Waals surface area (Å²) >= 11 is 0. The average molecular weight is 416 g/mol. The molecule has 0 saturated carbocycles. The van der Waals surface area contributed by atoms with Crippen LogP contribution < -0.4 is 10.6 Å². The van der Waals surface area contributed by atoms with Crippen molar-refractivity contribution in [1.29, 1.82) is 0 Å². The quantitative estimate of drug-likeness (QED) is 0.427. The molecule has 156 valence electrons. The van der Waals surface area contributed by atoms with Crippen molar-refractivity contribution in [2.75, 3.05) is 18.5 Å². The summed E-state index contributed by atoms with van der Waals surface area (Å²) < 4.78 is 4.87. The third-order valence-corrected chi connectivity index (χ3v) is 3.98. The number of nitrogens with zero attached hydrogens (tertiary/aromatic N) is 2. The van der Waals surface area contributed by atoms with Gasteiger partial charge in [0.2, 0.25) is 0 Å². The second-order valence-corrected chi connectivity index (χ2v) is 6.34. The van der Waals surface area contributed by atoms with Gasteiger partial charge in [0.15, 0.2) is 6.61 Å². The molecule has 2 N–H and O–H groups in total. The molecular weight excluding hydrogens is 396 g/mol. The lowest BCUT2D eigenvalue weighted by molar-refractivity contribution is -0.146. The van der Waals surface area contributed by atoms with Crippen molar-refractivity contribution >= 4 is 34.8 Å². The third-order valence-electron chi connectivity index (χ3n) is 3.98. The molecule has 3 rings (SSSR count). The van der Waals surface area contributed by atoms with Crippen molar-refractivity contribution in [3.63, 3.8) is 0 Å². The van der Waals surface area contributed by atoms with Gasteiger partial charge in [-0.15, -0.1) is 0 Å². The SMILES string of the molecule is O=C(COC(=O)CNC(=O)c1ccccc1)Nc1ccc(N=Nc2ccccc2)cc1. The fourth-order valence-corrected chi connectivity index (χ4v) is 2.46. The minimum Gasteiger partial charge on any atom is -0.454 e. The lowest BCUT2D eigenvalue weighted by Gasteiger charge is -2.08. The molecule has 3 aromatic rings. The van der Waals surface area contributed by atoms with Crippen LogP contribution in [0.25, 0.3) is 0 Å². The highest BCUT2D eigenvalue weighted by atomic mass is 16.5. The number of hydrogen-bond donors (Lipinski definition) is 2. The zero-order valence-electron chi connectivity index (χ0n) is 16.5. The zero-order valence-corrected chi connectivity index (χ0v) is 16.5. The molecule has 0 radical (unpaired) electrons. The van der Waals surface area contributed by atoms with Gasteiger partial charge >= 0.3 is 5.97 Å². The second-order valence-electron chi connectivity index (χ2n) is 6.34. The number of hydrogen-bond acceptors (Lipinski definition) is 6. The van der Waals surface area contributed by atoms with Gasteiger partial charge in [0.1, 0.15) is 6.54 Å². The maximum Gasteiger partial charge on any atom is 0.325 e. The number of benzene rings is 3. The summed E-state index contributed by atoms with van der Waals surface area (Å²) in [4.78, 5) is 35.6. The summed E-state index contributed by atoms with van der Waals surface area (Å²) in [7, 11) is 0. The number of carbonyl (C=O) groups is 3. The molecule has 0 spiro atoms. The van der Waals surface area contributed by atoms with Gasteiger partial charge in [-0.25, -0.2) is 0 Å². The summed E-state index contributed by atoms with van der Waals surface area (Å²) in [6, 6.07) is 24.5. The molecular formula is C23H20N4O4. The number of esters is 1. The van der Waals surface area contributed by atoms with Crippen LogP contribution in [0.4, 0.5) is 17.1 Å². The first-order chi connectivity index (χ1) is 15.1. The Morgan fingerprint density at radius 3 is 1.97 bits per heavy atom. The Balaban J connectivity index is 1.39. The van der Waals surface area contributed by atoms with E-state index in [1.807, 2.05) is 30.3 Å². The summed E-state index contributed by atoms with van der Waals surface area (Å²) in [5.74, 6) is -1.61. The maximum absolute atomic E-state index is 12.0. The van der Waals surface area contributed by atoms with Crippen LogP contribution in [0.5, 0.6) is 0 Å². The van der Waals surface area contributed by atoms with Gasteiger partial charge in [0.05, 0.1) is 11.4 Å². The number of ether oxygens (including phenoxy) is 1. The Hall–Kier alpha value is -4.33. The molecule has 0 unspecified atom stereocenters. The predicted octanol–water partition coefficient (Wildman–Crippen LogP) is 4.01. The molecule has 0 heterocycles. The average Bonchev–Trinajstić information content (AvgIpc) is 2.82. The molecule has 2 amide bonds. The lowest BCUT2D eigenvalue weighted by Crippen LogP contribution is -2.32. The van der Waals surface area contributed by atoms with Gasteiger partial charge in [-0.1, -0.05) is 36.4 Å². The lowest BCUT2D eigenvalue weighted by atomic mass is 10.2. The van der Waals surface area contributed by atoms with E-state index < -0.39 is 24.4 Å². The largest absolute Gasteiger partial charge is 0.454 e. The molecule has 0 bridgehead atoms. The molecule has 8 heteroatoms. The molecule has 0 aliphatic heterocycles. The van der Waals surface area contributed by atoms with Crippen molar-refractivity contribution in [3.05, 3.63) is 90.5 Å².